The molecule has 1 N–H and O–H groups in total. The molecule has 5 unspecified atom stereocenters. The van der Waals surface area contributed by atoms with E-state index >= 15 is 0 Å². The van der Waals surface area contributed by atoms with E-state index in [1.807, 2.05) is 25.1 Å². The summed E-state index contributed by atoms with van der Waals surface area (Å²) in [4.78, 5) is 51.7. The first-order chi connectivity index (χ1) is 16.5. The van der Waals surface area contributed by atoms with Crippen molar-refractivity contribution in [2.24, 2.45) is 0 Å². The van der Waals surface area contributed by atoms with Gasteiger partial charge in [0, 0.05) is 44.8 Å². The van der Waals surface area contributed by atoms with E-state index in [4.69, 9.17) is 23.7 Å². The van der Waals surface area contributed by atoms with Crippen molar-refractivity contribution in [3.63, 3.8) is 0 Å². The Hall–Kier alpha value is -3.73. The molecule has 0 spiro atoms. The summed E-state index contributed by atoms with van der Waals surface area (Å²) in [6.07, 6.45) is -4.63. The third-order valence-electron chi connectivity index (χ3n) is 5.13. The van der Waals surface area contributed by atoms with Crippen molar-refractivity contribution in [2.45, 2.75) is 65.3 Å². The van der Waals surface area contributed by atoms with Gasteiger partial charge in [-0.05, 0) is 25.1 Å². The zero-order valence-electron chi connectivity index (χ0n) is 20.1. The van der Waals surface area contributed by atoms with Crippen LogP contribution in [0.5, 0.6) is 5.75 Å². The van der Waals surface area contributed by atoms with Crippen LogP contribution in [0.4, 0.5) is 0 Å². The summed E-state index contributed by atoms with van der Waals surface area (Å²) in [7, 11) is 0. The van der Waals surface area contributed by atoms with Crippen molar-refractivity contribution in [3.05, 3.63) is 36.0 Å². The third kappa shape index (κ3) is 6.89. The molecule has 1 aromatic heterocycles. The molecule has 188 valence electrons. The van der Waals surface area contributed by atoms with Gasteiger partial charge in [-0.3, -0.25) is 24.2 Å². The fourth-order valence-corrected chi connectivity index (χ4v) is 3.80. The van der Waals surface area contributed by atoms with Gasteiger partial charge in [0.15, 0.2) is 12.2 Å². The summed E-state index contributed by atoms with van der Waals surface area (Å²) in [5.74, 6) is -2.04. The highest BCUT2D eigenvalue weighted by Gasteiger charge is 2.51. The van der Waals surface area contributed by atoms with Crippen molar-refractivity contribution in [3.8, 4) is 5.75 Å². The number of hydrogen-bond donors (Lipinski definition) is 1. The zero-order valence-corrected chi connectivity index (χ0v) is 20.1. The zero-order chi connectivity index (χ0) is 25.7. The van der Waals surface area contributed by atoms with Gasteiger partial charge in [-0.15, -0.1) is 0 Å². The number of pyridine rings is 1. The van der Waals surface area contributed by atoms with Crippen LogP contribution in [0.1, 0.15) is 33.4 Å². The molecule has 1 aromatic carbocycles. The lowest BCUT2D eigenvalue weighted by Crippen LogP contribution is -2.67. The van der Waals surface area contributed by atoms with E-state index in [2.05, 4.69) is 10.3 Å². The van der Waals surface area contributed by atoms with Crippen LogP contribution in [0.25, 0.3) is 10.9 Å². The van der Waals surface area contributed by atoms with Crippen LogP contribution < -0.4 is 10.1 Å². The van der Waals surface area contributed by atoms with Crippen molar-refractivity contribution >= 4 is 34.7 Å². The maximum Gasteiger partial charge on any atom is 0.303 e. The van der Waals surface area contributed by atoms with Gasteiger partial charge in [-0.1, -0.05) is 6.07 Å². The quantitative estimate of drug-likeness (QED) is 0.451. The van der Waals surface area contributed by atoms with Crippen molar-refractivity contribution in [2.75, 3.05) is 6.61 Å². The number of rotatable bonds is 7. The fraction of sp³-hybridized carbons (Fsp3) is 0.458. The van der Waals surface area contributed by atoms with Gasteiger partial charge in [0.05, 0.1) is 5.52 Å². The number of nitrogens with zero attached hydrogens (tertiary/aromatic N) is 1. The molecule has 3 rings (SSSR count). The maximum absolute atomic E-state index is 12.0. The van der Waals surface area contributed by atoms with E-state index < -0.39 is 54.5 Å². The van der Waals surface area contributed by atoms with E-state index in [0.29, 0.717) is 11.3 Å². The van der Waals surface area contributed by atoms with E-state index in [9.17, 15) is 19.2 Å². The van der Waals surface area contributed by atoms with Gasteiger partial charge in [-0.2, -0.15) is 0 Å². The minimum absolute atomic E-state index is 0.309. The molecule has 1 amide bonds. The minimum Gasteiger partial charge on any atom is -0.463 e. The highest BCUT2D eigenvalue weighted by molar-refractivity contribution is 5.80. The number of hydrogen-bond acceptors (Lipinski definition) is 10. The number of carbonyl (C=O) groups excluding carboxylic acids is 4. The molecule has 1 aliphatic heterocycles. The number of nitrogens with one attached hydrogen (secondary N) is 1. The first-order valence-electron chi connectivity index (χ1n) is 11.0. The van der Waals surface area contributed by atoms with Crippen LogP contribution in [0.3, 0.4) is 0 Å². The van der Waals surface area contributed by atoms with E-state index in [1.165, 1.54) is 27.7 Å². The van der Waals surface area contributed by atoms with Crippen LogP contribution in [-0.2, 0) is 38.1 Å². The predicted molar refractivity (Wildman–Crippen MR) is 121 cm³/mol. The molecule has 35 heavy (non-hydrogen) atoms. The van der Waals surface area contributed by atoms with Gasteiger partial charge in [0.25, 0.3) is 0 Å². The van der Waals surface area contributed by atoms with Crippen LogP contribution in [0.15, 0.2) is 30.3 Å². The topological polar surface area (TPSA) is 139 Å². The van der Waals surface area contributed by atoms with Gasteiger partial charge in [-0.25, -0.2) is 0 Å². The average molecular weight is 488 g/mol. The Kier molecular flexibility index (Phi) is 8.23. The first kappa shape index (κ1) is 25.9. The Balaban J connectivity index is 2.00. The summed E-state index contributed by atoms with van der Waals surface area (Å²) in [5, 5.41) is 3.56. The smallest absolute Gasteiger partial charge is 0.303 e. The number of esters is 3. The summed E-state index contributed by atoms with van der Waals surface area (Å²) < 4.78 is 28.0. The summed E-state index contributed by atoms with van der Waals surface area (Å²) in [6, 6.07) is 7.97. The number of aromatic nitrogens is 1. The number of ether oxygens (including phenoxy) is 5. The predicted octanol–water partition coefficient (Wildman–Crippen LogP) is 1.58. The van der Waals surface area contributed by atoms with Crippen LogP contribution in [0.2, 0.25) is 0 Å². The van der Waals surface area contributed by atoms with Crippen molar-refractivity contribution < 1.29 is 42.9 Å². The molecular formula is C24H28N2O9. The second kappa shape index (κ2) is 11.1. The SMILES string of the molecule is CC(=O)NC1C(Oc2ccc3ccc(C)nc3c2)OC(COC(C)=O)C(OC(C)=O)C1OC(C)=O. The molecule has 2 heterocycles. The number of carbonyl (C=O) groups is 4. The van der Waals surface area contributed by atoms with E-state index in [1.54, 1.807) is 12.1 Å². The molecule has 0 saturated carbocycles. The largest absolute Gasteiger partial charge is 0.463 e. The molecule has 0 bridgehead atoms. The Morgan fingerprint density at radius 3 is 2.23 bits per heavy atom. The monoisotopic (exact) mass is 488 g/mol. The molecular weight excluding hydrogens is 460 g/mol. The number of benzene rings is 1. The lowest BCUT2D eigenvalue weighted by molar-refractivity contribution is -0.257. The van der Waals surface area contributed by atoms with Crippen molar-refractivity contribution in [1.82, 2.24) is 10.3 Å². The summed E-state index contributed by atoms with van der Waals surface area (Å²) >= 11 is 0. The normalized spacial score (nSPS) is 23.7. The maximum atomic E-state index is 12.0. The molecule has 0 aliphatic carbocycles. The number of fused-ring (bicyclic) bond motifs is 1. The molecule has 11 heteroatoms. The molecule has 11 nitrogen and oxygen atoms in total. The summed E-state index contributed by atoms with van der Waals surface area (Å²) in [6.45, 7) is 6.40. The van der Waals surface area contributed by atoms with Gasteiger partial charge < -0.3 is 29.0 Å². The van der Waals surface area contributed by atoms with E-state index in [0.717, 1.165) is 11.1 Å². The van der Waals surface area contributed by atoms with E-state index in [-0.39, 0.29) is 6.61 Å². The fourth-order valence-electron chi connectivity index (χ4n) is 3.80. The second-order valence-corrected chi connectivity index (χ2v) is 8.14. The molecule has 0 radical (unpaired) electrons. The average Bonchev–Trinajstić information content (AvgIpc) is 2.75. The second-order valence-electron chi connectivity index (χ2n) is 8.14. The van der Waals surface area contributed by atoms with Gasteiger partial charge in [0.1, 0.15) is 24.5 Å². The van der Waals surface area contributed by atoms with Crippen molar-refractivity contribution in [1.29, 1.82) is 0 Å². The Morgan fingerprint density at radius 1 is 0.943 bits per heavy atom. The lowest BCUT2D eigenvalue weighted by atomic mass is 9.96. The Labute approximate surface area is 202 Å². The van der Waals surface area contributed by atoms with Crippen LogP contribution >= 0.6 is 0 Å². The highest BCUT2D eigenvalue weighted by Crippen LogP contribution is 2.30. The molecule has 1 saturated heterocycles. The van der Waals surface area contributed by atoms with Crippen LogP contribution in [-0.4, -0.2) is 66.0 Å². The minimum atomic E-state index is -1.20. The van der Waals surface area contributed by atoms with Gasteiger partial charge in [0.2, 0.25) is 12.2 Å². The number of amides is 1. The Morgan fingerprint density at radius 2 is 1.60 bits per heavy atom. The Bertz CT molecular complexity index is 1120. The molecule has 5 atom stereocenters. The molecule has 1 fully saturated rings. The standard InChI is InChI=1S/C24H28N2O9/c1-12-6-7-17-8-9-18(10-19(17)25-12)34-24-21(26-13(2)27)23(33-16(5)30)22(32-15(4)29)20(35-24)11-31-14(3)28/h6-10,20-24H,11H2,1-5H3,(H,26,27). The van der Waals surface area contributed by atoms with Gasteiger partial charge >= 0.3 is 17.9 Å². The summed E-state index contributed by atoms with van der Waals surface area (Å²) in [5.41, 5.74) is 1.50. The highest BCUT2D eigenvalue weighted by atomic mass is 16.7. The third-order valence-corrected chi connectivity index (χ3v) is 5.13. The lowest BCUT2D eigenvalue weighted by Gasteiger charge is -2.44. The molecule has 1 aliphatic rings. The first-order valence-corrected chi connectivity index (χ1v) is 11.0. The molecule has 2 aromatic rings. The van der Waals surface area contributed by atoms with Crippen LogP contribution in [0, 0.1) is 6.92 Å². The number of aryl methyl sites for hydroxylation is 1.